The highest BCUT2D eigenvalue weighted by Crippen LogP contribution is 2.24. The summed E-state index contributed by atoms with van der Waals surface area (Å²) in [6.07, 6.45) is 3.03. The summed E-state index contributed by atoms with van der Waals surface area (Å²) in [6, 6.07) is 7.01. The second kappa shape index (κ2) is 5.69. The van der Waals surface area contributed by atoms with Crippen LogP contribution in [-0.2, 0) is 0 Å². The number of aromatic amines is 1. The zero-order chi connectivity index (χ0) is 15.6. The Bertz CT molecular complexity index is 922. The molecule has 0 spiro atoms. The number of ether oxygens (including phenoxy) is 1. The summed E-state index contributed by atoms with van der Waals surface area (Å²) in [6.45, 7) is 0. The van der Waals surface area contributed by atoms with Crippen molar-refractivity contribution in [3.05, 3.63) is 42.5 Å². The minimum atomic E-state index is -0.293. The minimum absolute atomic E-state index is 0.293. The number of hydrogen-bond donors (Lipinski definition) is 2. The van der Waals surface area contributed by atoms with Crippen molar-refractivity contribution in [3.63, 3.8) is 0 Å². The highest BCUT2D eigenvalue weighted by Gasteiger charge is 2.18. The van der Waals surface area contributed by atoms with E-state index in [1.54, 1.807) is 30.6 Å². The first-order valence-electron chi connectivity index (χ1n) is 6.72. The van der Waals surface area contributed by atoms with Gasteiger partial charge in [-0.1, -0.05) is 23.9 Å². The van der Waals surface area contributed by atoms with Crippen molar-refractivity contribution in [2.24, 2.45) is 5.10 Å². The number of para-hydroxylation sites is 1. The Labute approximate surface area is 134 Å². The van der Waals surface area contributed by atoms with Gasteiger partial charge in [0.1, 0.15) is 22.6 Å². The van der Waals surface area contributed by atoms with E-state index in [0.717, 1.165) is 10.5 Å². The maximum absolute atomic E-state index is 11.9. The van der Waals surface area contributed by atoms with E-state index in [-0.39, 0.29) is 5.91 Å². The van der Waals surface area contributed by atoms with E-state index in [0.29, 0.717) is 28.6 Å². The molecule has 2 aromatic heterocycles. The van der Waals surface area contributed by atoms with E-state index in [4.69, 9.17) is 4.74 Å². The maximum atomic E-state index is 11.9. The van der Waals surface area contributed by atoms with Gasteiger partial charge in [-0.15, -0.1) is 5.10 Å². The monoisotopic (exact) mass is 326 g/mol. The Morgan fingerprint density at radius 3 is 3.04 bits per heavy atom. The van der Waals surface area contributed by atoms with Crippen LogP contribution in [0.1, 0.15) is 10.4 Å². The zero-order valence-corrected chi connectivity index (χ0v) is 12.5. The smallest absolute Gasteiger partial charge is 0.275 e. The topological polar surface area (TPSA) is 105 Å². The summed E-state index contributed by atoms with van der Waals surface area (Å²) in [7, 11) is 0. The van der Waals surface area contributed by atoms with E-state index in [1.807, 2.05) is 0 Å². The lowest BCUT2D eigenvalue weighted by Gasteiger charge is -2.07. The van der Waals surface area contributed by atoms with Crippen molar-refractivity contribution in [3.8, 4) is 5.75 Å². The number of hydrogen-bond acceptors (Lipinski definition) is 7. The van der Waals surface area contributed by atoms with Gasteiger partial charge < -0.3 is 9.72 Å². The third kappa shape index (κ3) is 2.61. The fourth-order valence-electron chi connectivity index (χ4n) is 2.11. The Balaban J connectivity index is 1.56. The van der Waals surface area contributed by atoms with Gasteiger partial charge >= 0.3 is 0 Å². The molecule has 3 aromatic rings. The van der Waals surface area contributed by atoms with Gasteiger partial charge in [-0.25, -0.2) is 20.4 Å². The molecule has 0 bridgehead atoms. The van der Waals surface area contributed by atoms with Crippen LogP contribution in [0.3, 0.4) is 0 Å². The summed E-state index contributed by atoms with van der Waals surface area (Å²) in [5, 5.41) is 4.75. The highest BCUT2D eigenvalue weighted by molar-refractivity contribution is 8.00. The van der Waals surface area contributed by atoms with Crippen LogP contribution in [0, 0.1) is 0 Å². The number of aromatic nitrogens is 4. The van der Waals surface area contributed by atoms with Crippen LogP contribution in [0.15, 0.2) is 47.0 Å². The fourth-order valence-corrected chi connectivity index (χ4v) is 2.91. The quantitative estimate of drug-likeness (QED) is 0.559. The average Bonchev–Trinajstić information content (AvgIpc) is 3.00. The molecule has 0 saturated heterocycles. The van der Waals surface area contributed by atoms with Gasteiger partial charge in [0, 0.05) is 0 Å². The molecule has 0 atom stereocenters. The van der Waals surface area contributed by atoms with E-state index >= 15 is 0 Å². The summed E-state index contributed by atoms with van der Waals surface area (Å²) in [5.74, 6) is 0.981. The lowest BCUT2D eigenvalue weighted by Crippen LogP contribution is -2.18. The number of amides is 1. The summed E-state index contributed by atoms with van der Waals surface area (Å²) < 4.78 is 5.72. The van der Waals surface area contributed by atoms with Crippen LogP contribution < -0.4 is 10.2 Å². The van der Waals surface area contributed by atoms with Crippen LogP contribution in [0.5, 0.6) is 5.75 Å². The molecule has 4 rings (SSSR count). The second-order valence-corrected chi connectivity index (χ2v) is 5.58. The van der Waals surface area contributed by atoms with Crippen molar-refractivity contribution in [2.45, 2.75) is 5.03 Å². The molecule has 0 radical (unpaired) electrons. The minimum Gasteiger partial charge on any atom is -0.440 e. The molecular formula is C14H10N6O2S. The SMILES string of the molecule is O=C1NN=C(CSc2ncnc3nc[nH]c23)Oc2ccccc21. The normalized spacial score (nSPS) is 13.7. The molecule has 1 aliphatic heterocycles. The first kappa shape index (κ1) is 13.7. The number of H-pyrrole nitrogens is 1. The van der Waals surface area contributed by atoms with Gasteiger partial charge in [0.2, 0.25) is 5.90 Å². The molecular weight excluding hydrogens is 316 g/mol. The van der Waals surface area contributed by atoms with Gasteiger partial charge in [0.25, 0.3) is 5.91 Å². The number of carbonyl (C=O) groups excluding carboxylic acids is 1. The molecule has 1 aromatic carbocycles. The van der Waals surface area contributed by atoms with E-state index < -0.39 is 0 Å². The second-order valence-electron chi connectivity index (χ2n) is 4.61. The van der Waals surface area contributed by atoms with Crippen LogP contribution >= 0.6 is 11.8 Å². The molecule has 1 aliphatic rings. The number of imidazole rings is 1. The van der Waals surface area contributed by atoms with Crippen molar-refractivity contribution >= 4 is 34.7 Å². The number of fused-ring (bicyclic) bond motifs is 2. The Morgan fingerprint density at radius 2 is 2.09 bits per heavy atom. The number of thioether (sulfide) groups is 1. The maximum Gasteiger partial charge on any atom is 0.275 e. The largest absolute Gasteiger partial charge is 0.440 e. The molecule has 0 unspecified atom stereocenters. The number of hydrazone groups is 1. The number of rotatable bonds is 3. The van der Waals surface area contributed by atoms with Crippen molar-refractivity contribution in [1.82, 2.24) is 25.4 Å². The van der Waals surface area contributed by atoms with Gasteiger partial charge in [-0.3, -0.25) is 4.79 Å². The van der Waals surface area contributed by atoms with Crippen LogP contribution in [0.25, 0.3) is 11.2 Å². The Kier molecular flexibility index (Phi) is 3.39. The van der Waals surface area contributed by atoms with Gasteiger partial charge in [-0.2, -0.15) is 0 Å². The van der Waals surface area contributed by atoms with Gasteiger partial charge in [0.05, 0.1) is 17.6 Å². The molecule has 3 heterocycles. The van der Waals surface area contributed by atoms with Crippen molar-refractivity contribution < 1.29 is 9.53 Å². The predicted octanol–water partition coefficient (Wildman–Crippen LogP) is 1.58. The molecule has 114 valence electrons. The van der Waals surface area contributed by atoms with Crippen LogP contribution in [0.2, 0.25) is 0 Å². The molecule has 0 fully saturated rings. The lowest BCUT2D eigenvalue weighted by atomic mass is 10.2. The van der Waals surface area contributed by atoms with Gasteiger partial charge in [0.15, 0.2) is 5.65 Å². The fraction of sp³-hybridized carbons (Fsp3) is 0.0714. The first-order chi connectivity index (χ1) is 11.3. The Morgan fingerprint density at radius 1 is 1.17 bits per heavy atom. The standard InChI is InChI=1S/C14H10N6O2S/c21-13-8-3-1-2-4-9(8)22-10(19-20-13)5-23-14-11-12(16-6-15-11)17-7-18-14/h1-4,6-7H,5H2,(H,20,21)(H,15,16,17,18). The summed E-state index contributed by atoms with van der Waals surface area (Å²) >= 11 is 1.42. The van der Waals surface area contributed by atoms with Gasteiger partial charge in [-0.05, 0) is 12.1 Å². The third-order valence-electron chi connectivity index (χ3n) is 3.16. The summed E-state index contributed by atoms with van der Waals surface area (Å²) in [4.78, 5) is 27.3. The molecule has 0 saturated carbocycles. The van der Waals surface area contributed by atoms with Crippen molar-refractivity contribution in [1.29, 1.82) is 0 Å². The lowest BCUT2D eigenvalue weighted by molar-refractivity contribution is 0.0955. The first-order valence-corrected chi connectivity index (χ1v) is 7.70. The number of nitrogens with zero attached hydrogens (tertiary/aromatic N) is 4. The highest BCUT2D eigenvalue weighted by atomic mass is 32.2. The van der Waals surface area contributed by atoms with Crippen LogP contribution in [-0.4, -0.2) is 37.5 Å². The zero-order valence-electron chi connectivity index (χ0n) is 11.7. The number of nitrogens with one attached hydrogen (secondary N) is 2. The summed E-state index contributed by atoms with van der Waals surface area (Å²) in [5.41, 5.74) is 4.29. The number of carbonyl (C=O) groups is 1. The molecule has 23 heavy (non-hydrogen) atoms. The van der Waals surface area contributed by atoms with E-state index in [1.165, 1.54) is 18.1 Å². The average molecular weight is 326 g/mol. The number of benzene rings is 1. The molecule has 8 nitrogen and oxygen atoms in total. The molecule has 0 aliphatic carbocycles. The predicted molar refractivity (Wildman–Crippen MR) is 84.4 cm³/mol. The van der Waals surface area contributed by atoms with Crippen molar-refractivity contribution in [2.75, 3.05) is 5.75 Å². The molecule has 9 heteroatoms. The van der Waals surface area contributed by atoms with Crippen LogP contribution in [0.4, 0.5) is 0 Å². The van der Waals surface area contributed by atoms with E-state index in [2.05, 4.69) is 30.5 Å². The molecule has 1 amide bonds. The molecule has 2 N–H and O–H groups in total. The Hall–Kier alpha value is -2.94. The third-order valence-corrected chi connectivity index (χ3v) is 4.14. The van der Waals surface area contributed by atoms with E-state index in [9.17, 15) is 4.79 Å².